The van der Waals surface area contributed by atoms with Gasteiger partial charge in [-0.1, -0.05) is 11.6 Å². The van der Waals surface area contributed by atoms with E-state index in [1.165, 1.54) is 18.2 Å². The first-order valence-corrected chi connectivity index (χ1v) is 8.77. The van der Waals surface area contributed by atoms with Crippen LogP contribution in [0.25, 0.3) is 0 Å². The summed E-state index contributed by atoms with van der Waals surface area (Å²) in [5.41, 5.74) is 0.331. The molecule has 0 aliphatic carbocycles. The van der Waals surface area contributed by atoms with E-state index in [0.29, 0.717) is 12.1 Å². The summed E-state index contributed by atoms with van der Waals surface area (Å²) in [6.45, 7) is 3.00. The van der Waals surface area contributed by atoms with Gasteiger partial charge in [-0.15, -0.1) is 0 Å². The van der Waals surface area contributed by atoms with Gasteiger partial charge in [-0.2, -0.15) is 5.26 Å². The molecule has 120 valence electrons. The fraction of sp³-hybridized carbons (Fsp3) is 0.500. The van der Waals surface area contributed by atoms with Crippen molar-refractivity contribution in [2.45, 2.75) is 10.9 Å². The summed E-state index contributed by atoms with van der Waals surface area (Å²) in [7, 11) is 0.314. The lowest BCUT2D eigenvalue weighted by atomic mass is 10.2. The zero-order valence-corrected chi connectivity index (χ0v) is 14.2. The highest BCUT2D eigenvalue weighted by atomic mass is 35.5. The molecule has 0 radical (unpaired) electrons. The molecule has 8 heteroatoms. The quantitative estimate of drug-likeness (QED) is 0.873. The minimum atomic E-state index is -3.69. The molecule has 1 saturated heterocycles. The number of likely N-dealkylation sites (N-methyl/N-ethyl adjacent to an activating group) is 2. The number of sulfonamides is 1. The molecule has 0 amide bonds. The molecule has 1 atom stereocenters. The summed E-state index contributed by atoms with van der Waals surface area (Å²) in [4.78, 5) is 4.32. The molecule has 0 saturated carbocycles. The highest BCUT2D eigenvalue weighted by Crippen LogP contribution is 2.22. The van der Waals surface area contributed by atoms with Gasteiger partial charge in [0.15, 0.2) is 0 Å². The largest absolute Gasteiger partial charge is 0.303 e. The van der Waals surface area contributed by atoms with E-state index in [0.717, 1.165) is 19.6 Å². The molecule has 1 fully saturated rings. The van der Waals surface area contributed by atoms with Gasteiger partial charge < -0.3 is 4.90 Å². The first-order valence-electron chi connectivity index (χ1n) is 6.91. The second-order valence-corrected chi connectivity index (χ2v) is 7.65. The Hall–Kier alpha value is -1.17. The highest BCUT2D eigenvalue weighted by Gasteiger charge is 2.25. The van der Waals surface area contributed by atoms with Crippen molar-refractivity contribution >= 4 is 21.6 Å². The van der Waals surface area contributed by atoms with Crippen molar-refractivity contribution in [1.82, 2.24) is 14.5 Å². The number of hydrogen-bond donors (Lipinski definition) is 1. The number of nitrogens with zero attached hydrogens (tertiary/aromatic N) is 3. The Kier molecular flexibility index (Phi) is 5.42. The third-order valence-electron chi connectivity index (χ3n) is 3.84. The standard InChI is InChI=1S/C14H19ClN4O2S/c1-18-5-6-19(2)12(10-18)9-17-22(20,21)14-4-3-11(8-16)7-13(14)15/h3-4,7,12,17H,5-6,9-10H2,1-2H3. The monoisotopic (exact) mass is 342 g/mol. The van der Waals surface area contributed by atoms with E-state index in [-0.39, 0.29) is 16.0 Å². The van der Waals surface area contributed by atoms with Crippen molar-refractivity contribution in [1.29, 1.82) is 5.26 Å². The molecule has 1 aromatic carbocycles. The van der Waals surface area contributed by atoms with E-state index in [9.17, 15) is 8.42 Å². The predicted octanol–water partition coefficient (Wildman–Crippen LogP) is 0.736. The third kappa shape index (κ3) is 3.97. The Morgan fingerprint density at radius 1 is 1.41 bits per heavy atom. The molecule has 22 heavy (non-hydrogen) atoms. The zero-order chi connectivity index (χ0) is 16.3. The van der Waals surface area contributed by atoms with Crippen LogP contribution in [0.4, 0.5) is 0 Å². The van der Waals surface area contributed by atoms with Crippen LogP contribution in [0.2, 0.25) is 5.02 Å². The van der Waals surface area contributed by atoms with Crippen LogP contribution >= 0.6 is 11.6 Å². The first kappa shape index (κ1) is 17.2. The maximum absolute atomic E-state index is 12.4. The number of rotatable bonds is 4. The molecule has 0 spiro atoms. The van der Waals surface area contributed by atoms with Crippen LogP contribution in [0.3, 0.4) is 0 Å². The van der Waals surface area contributed by atoms with Crippen molar-refractivity contribution < 1.29 is 8.42 Å². The zero-order valence-electron chi connectivity index (χ0n) is 12.6. The summed E-state index contributed by atoms with van der Waals surface area (Å²) < 4.78 is 27.4. The van der Waals surface area contributed by atoms with Gasteiger partial charge in [0.05, 0.1) is 16.7 Å². The maximum Gasteiger partial charge on any atom is 0.242 e. The van der Waals surface area contributed by atoms with Gasteiger partial charge in [0.25, 0.3) is 0 Å². The normalized spacial score (nSPS) is 20.7. The SMILES string of the molecule is CN1CCN(C)C(CNS(=O)(=O)c2ccc(C#N)cc2Cl)C1. The van der Waals surface area contributed by atoms with Gasteiger partial charge in [-0.05, 0) is 32.3 Å². The van der Waals surface area contributed by atoms with Crippen LogP contribution in [0, 0.1) is 11.3 Å². The van der Waals surface area contributed by atoms with Crippen molar-refractivity contribution in [2.24, 2.45) is 0 Å². The van der Waals surface area contributed by atoms with Crippen LogP contribution < -0.4 is 4.72 Å². The van der Waals surface area contributed by atoms with Crippen LogP contribution in [0.1, 0.15) is 5.56 Å². The van der Waals surface area contributed by atoms with E-state index < -0.39 is 10.0 Å². The van der Waals surface area contributed by atoms with Gasteiger partial charge in [0.2, 0.25) is 10.0 Å². The van der Waals surface area contributed by atoms with Gasteiger partial charge in [-0.3, -0.25) is 4.90 Å². The number of nitrogens with one attached hydrogen (secondary N) is 1. The molecule has 1 aromatic rings. The van der Waals surface area contributed by atoms with Crippen LogP contribution in [-0.2, 0) is 10.0 Å². The van der Waals surface area contributed by atoms with E-state index in [1.807, 2.05) is 20.2 Å². The van der Waals surface area contributed by atoms with Crippen LogP contribution in [0.15, 0.2) is 23.1 Å². The average molecular weight is 343 g/mol. The predicted molar refractivity (Wildman–Crippen MR) is 85.3 cm³/mol. The van der Waals surface area contributed by atoms with Crippen molar-refractivity contribution in [3.8, 4) is 6.07 Å². The summed E-state index contributed by atoms with van der Waals surface area (Å²) in [5.74, 6) is 0. The second-order valence-electron chi connectivity index (χ2n) is 5.51. The molecule has 1 aliphatic heterocycles. The molecule has 1 N–H and O–H groups in total. The molecule has 1 unspecified atom stereocenters. The van der Waals surface area contributed by atoms with Gasteiger partial charge in [0.1, 0.15) is 4.90 Å². The fourth-order valence-corrected chi connectivity index (χ4v) is 4.01. The number of piperazine rings is 1. The molecule has 0 bridgehead atoms. The lowest BCUT2D eigenvalue weighted by molar-refractivity contribution is 0.117. The minimum absolute atomic E-state index is 0.0000150. The Morgan fingerprint density at radius 2 is 2.14 bits per heavy atom. The number of hydrogen-bond acceptors (Lipinski definition) is 5. The van der Waals surface area contributed by atoms with Crippen molar-refractivity contribution in [3.63, 3.8) is 0 Å². The number of benzene rings is 1. The lowest BCUT2D eigenvalue weighted by Crippen LogP contribution is -2.54. The molecule has 1 aliphatic rings. The third-order valence-corrected chi connectivity index (χ3v) is 5.75. The van der Waals surface area contributed by atoms with Gasteiger partial charge in [0, 0.05) is 32.2 Å². The molecule has 1 heterocycles. The minimum Gasteiger partial charge on any atom is -0.303 e. The maximum atomic E-state index is 12.4. The van der Waals surface area contributed by atoms with Crippen molar-refractivity contribution in [2.75, 3.05) is 40.3 Å². The topological polar surface area (TPSA) is 76.4 Å². The fourth-order valence-electron chi connectivity index (χ4n) is 2.39. The van der Waals surface area contributed by atoms with Crippen LogP contribution in [0.5, 0.6) is 0 Å². The van der Waals surface area contributed by atoms with E-state index in [1.54, 1.807) is 0 Å². The summed E-state index contributed by atoms with van der Waals surface area (Å²) in [6.07, 6.45) is 0. The summed E-state index contributed by atoms with van der Waals surface area (Å²) in [5, 5.41) is 8.86. The Bertz CT molecular complexity index is 687. The number of halogens is 1. The summed E-state index contributed by atoms with van der Waals surface area (Å²) >= 11 is 5.98. The lowest BCUT2D eigenvalue weighted by Gasteiger charge is -2.37. The van der Waals surface area contributed by atoms with Crippen LogP contribution in [-0.4, -0.2) is 64.5 Å². The number of nitriles is 1. The van der Waals surface area contributed by atoms with E-state index in [4.69, 9.17) is 16.9 Å². The summed E-state index contributed by atoms with van der Waals surface area (Å²) in [6, 6.07) is 6.21. The van der Waals surface area contributed by atoms with Gasteiger partial charge >= 0.3 is 0 Å². The second kappa shape index (κ2) is 6.94. The van der Waals surface area contributed by atoms with Crippen molar-refractivity contribution in [3.05, 3.63) is 28.8 Å². The molecule has 2 rings (SSSR count). The Balaban J connectivity index is 2.10. The van der Waals surface area contributed by atoms with Gasteiger partial charge in [-0.25, -0.2) is 13.1 Å². The molecule has 0 aromatic heterocycles. The highest BCUT2D eigenvalue weighted by molar-refractivity contribution is 7.89. The smallest absolute Gasteiger partial charge is 0.242 e. The molecule has 6 nitrogen and oxygen atoms in total. The molecular weight excluding hydrogens is 324 g/mol. The average Bonchev–Trinajstić information content (AvgIpc) is 2.47. The first-order chi connectivity index (χ1) is 10.3. The van der Waals surface area contributed by atoms with E-state index >= 15 is 0 Å². The Morgan fingerprint density at radius 3 is 2.77 bits per heavy atom. The molecular formula is C14H19ClN4O2S. The Labute approximate surface area is 136 Å². The van der Waals surface area contributed by atoms with E-state index in [2.05, 4.69) is 14.5 Å².